The first-order valence-corrected chi connectivity index (χ1v) is 7.24. The van der Waals surface area contributed by atoms with E-state index in [0.29, 0.717) is 12.0 Å². The van der Waals surface area contributed by atoms with Gasteiger partial charge in [0.2, 0.25) is 0 Å². The third-order valence-corrected chi connectivity index (χ3v) is 3.04. The molecule has 0 spiro atoms. The quantitative estimate of drug-likeness (QED) is 0.298. The summed E-state index contributed by atoms with van der Waals surface area (Å²) in [7, 11) is 0. The van der Waals surface area contributed by atoms with Crippen molar-refractivity contribution in [1.29, 1.82) is 0 Å². The highest BCUT2D eigenvalue weighted by molar-refractivity contribution is 5.85. The van der Waals surface area contributed by atoms with Crippen LogP contribution < -0.4 is 0 Å². The molecule has 1 N–H and O–H groups in total. The minimum atomic E-state index is -0.854. The molecule has 0 bridgehead atoms. The molecule has 104 valence electrons. The molecule has 0 aromatic heterocycles. The molecule has 2 heteroatoms. The fraction of sp³-hybridized carbons (Fsp3) is 0.688. The Kier molecular flexibility index (Phi) is 11.7. The van der Waals surface area contributed by atoms with Crippen LogP contribution in [-0.4, -0.2) is 11.1 Å². The van der Waals surface area contributed by atoms with Crippen molar-refractivity contribution >= 4 is 5.97 Å². The first kappa shape index (κ1) is 16.9. The van der Waals surface area contributed by atoms with Gasteiger partial charge in [-0.25, -0.2) is 4.79 Å². The van der Waals surface area contributed by atoms with Crippen LogP contribution in [0.4, 0.5) is 0 Å². The zero-order chi connectivity index (χ0) is 13.6. The molecular formula is C16H28O2. The predicted molar refractivity (Wildman–Crippen MR) is 77.8 cm³/mol. The zero-order valence-corrected chi connectivity index (χ0v) is 11.8. The van der Waals surface area contributed by atoms with E-state index in [1.165, 1.54) is 44.9 Å². The van der Waals surface area contributed by atoms with E-state index in [9.17, 15) is 4.79 Å². The van der Waals surface area contributed by atoms with Crippen molar-refractivity contribution in [3.63, 3.8) is 0 Å². The van der Waals surface area contributed by atoms with Crippen molar-refractivity contribution < 1.29 is 9.90 Å². The standard InChI is InChI=1S/C16H28O2/c1-3-4-5-6-7-8-9-10-11-12-13-14-15(2)16(17)18/h6-7H,2-5,8-14H2,1H3,(H,17,18). The highest BCUT2D eigenvalue weighted by Crippen LogP contribution is 2.11. The topological polar surface area (TPSA) is 37.3 Å². The van der Waals surface area contributed by atoms with Gasteiger partial charge in [-0.1, -0.05) is 57.8 Å². The summed E-state index contributed by atoms with van der Waals surface area (Å²) in [5.41, 5.74) is 0.342. The second kappa shape index (κ2) is 12.4. The van der Waals surface area contributed by atoms with Crippen LogP contribution in [-0.2, 0) is 4.79 Å². The molecule has 0 aliphatic carbocycles. The second-order valence-electron chi connectivity index (χ2n) is 4.83. The molecule has 0 rings (SSSR count). The van der Waals surface area contributed by atoms with Gasteiger partial charge in [-0.05, 0) is 32.1 Å². The van der Waals surface area contributed by atoms with Gasteiger partial charge in [0, 0.05) is 5.57 Å². The summed E-state index contributed by atoms with van der Waals surface area (Å²) in [5, 5.41) is 8.64. The third-order valence-electron chi connectivity index (χ3n) is 3.04. The highest BCUT2D eigenvalue weighted by Gasteiger charge is 2.02. The molecule has 0 unspecified atom stereocenters. The summed E-state index contributed by atoms with van der Waals surface area (Å²) in [6.45, 7) is 5.74. The summed E-state index contributed by atoms with van der Waals surface area (Å²) < 4.78 is 0. The van der Waals surface area contributed by atoms with Crippen molar-refractivity contribution in [2.75, 3.05) is 0 Å². The Balaban J connectivity index is 3.19. The summed E-state index contributed by atoms with van der Waals surface area (Å²) in [6.07, 6.45) is 16.0. The molecule has 2 nitrogen and oxygen atoms in total. The third kappa shape index (κ3) is 11.4. The molecule has 18 heavy (non-hydrogen) atoms. The average molecular weight is 252 g/mol. The minimum absolute atomic E-state index is 0.342. The van der Waals surface area contributed by atoms with Crippen LogP contribution in [0.2, 0.25) is 0 Å². The fourth-order valence-corrected chi connectivity index (χ4v) is 1.80. The predicted octanol–water partition coefficient (Wildman–Crippen LogP) is 5.10. The SMILES string of the molecule is C=C(CCCCCCCC=CCCCC)C(=O)O. The molecule has 0 amide bonds. The smallest absolute Gasteiger partial charge is 0.330 e. The maximum atomic E-state index is 10.5. The molecule has 0 saturated carbocycles. The van der Waals surface area contributed by atoms with Crippen molar-refractivity contribution in [2.45, 2.75) is 71.1 Å². The fourth-order valence-electron chi connectivity index (χ4n) is 1.80. The van der Waals surface area contributed by atoms with Gasteiger partial charge in [-0.2, -0.15) is 0 Å². The summed E-state index contributed by atoms with van der Waals surface area (Å²) in [5.74, 6) is -0.854. The van der Waals surface area contributed by atoms with Gasteiger partial charge in [-0.15, -0.1) is 0 Å². The van der Waals surface area contributed by atoms with Crippen molar-refractivity contribution in [2.24, 2.45) is 0 Å². The van der Waals surface area contributed by atoms with Crippen LogP contribution >= 0.6 is 0 Å². The Morgan fingerprint density at radius 3 is 2.17 bits per heavy atom. The molecule has 0 aromatic carbocycles. The molecule has 0 fully saturated rings. The number of carboxylic acids is 1. The van der Waals surface area contributed by atoms with E-state index in [0.717, 1.165) is 12.8 Å². The summed E-state index contributed by atoms with van der Waals surface area (Å²) in [6, 6.07) is 0. The zero-order valence-electron chi connectivity index (χ0n) is 11.8. The summed E-state index contributed by atoms with van der Waals surface area (Å²) in [4.78, 5) is 10.5. The highest BCUT2D eigenvalue weighted by atomic mass is 16.4. The van der Waals surface area contributed by atoms with Gasteiger partial charge in [-0.3, -0.25) is 0 Å². The van der Waals surface area contributed by atoms with Crippen LogP contribution in [0.1, 0.15) is 71.1 Å². The maximum absolute atomic E-state index is 10.5. The normalized spacial score (nSPS) is 10.9. The first-order valence-electron chi connectivity index (χ1n) is 7.24. The van der Waals surface area contributed by atoms with E-state index in [4.69, 9.17) is 5.11 Å². The molecule has 0 radical (unpaired) electrons. The van der Waals surface area contributed by atoms with E-state index >= 15 is 0 Å². The van der Waals surface area contributed by atoms with Crippen LogP contribution in [0.15, 0.2) is 24.3 Å². The number of carbonyl (C=O) groups is 1. The lowest BCUT2D eigenvalue weighted by atomic mass is 10.1. The number of aliphatic carboxylic acids is 1. The van der Waals surface area contributed by atoms with Crippen molar-refractivity contribution in [1.82, 2.24) is 0 Å². The molecule has 0 aliphatic rings. The van der Waals surface area contributed by atoms with Gasteiger partial charge in [0.15, 0.2) is 0 Å². The van der Waals surface area contributed by atoms with E-state index in [1.807, 2.05) is 0 Å². The summed E-state index contributed by atoms with van der Waals surface area (Å²) >= 11 is 0. The van der Waals surface area contributed by atoms with Crippen LogP contribution in [0, 0.1) is 0 Å². The van der Waals surface area contributed by atoms with Crippen LogP contribution in [0.25, 0.3) is 0 Å². The van der Waals surface area contributed by atoms with E-state index in [1.54, 1.807) is 0 Å². The Morgan fingerprint density at radius 2 is 1.56 bits per heavy atom. The van der Waals surface area contributed by atoms with E-state index in [-0.39, 0.29) is 0 Å². The van der Waals surface area contributed by atoms with Crippen molar-refractivity contribution in [3.05, 3.63) is 24.3 Å². The molecule has 0 heterocycles. The Morgan fingerprint density at radius 1 is 1.00 bits per heavy atom. The maximum Gasteiger partial charge on any atom is 0.330 e. The van der Waals surface area contributed by atoms with Crippen molar-refractivity contribution in [3.8, 4) is 0 Å². The first-order chi connectivity index (χ1) is 8.68. The molecular weight excluding hydrogens is 224 g/mol. The van der Waals surface area contributed by atoms with Gasteiger partial charge < -0.3 is 5.11 Å². The lowest BCUT2D eigenvalue weighted by molar-refractivity contribution is -0.132. The van der Waals surface area contributed by atoms with Crippen LogP contribution in [0.5, 0.6) is 0 Å². The largest absolute Gasteiger partial charge is 0.478 e. The van der Waals surface area contributed by atoms with Gasteiger partial charge >= 0.3 is 5.97 Å². The minimum Gasteiger partial charge on any atom is -0.478 e. The Bertz CT molecular complexity index is 254. The molecule has 0 aliphatic heterocycles. The van der Waals surface area contributed by atoms with Gasteiger partial charge in [0.25, 0.3) is 0 Å². The number of unbranched alkanes of at least 4 members (excludes halogenated alkanes) is 7. The monoisotopic (exact) mass is 252 g/mol. The number of allylic oxidation sites excluding steroid dienone is 2. The number of hydrogen-bond acceptors (Lipinski definition) is 1. The second-order valence-corrected chi connectivity index (χ2v) is 4.83. The van der Waals surface area contributed by atoms with Gasteiger partial charge in [0.05, 0.1) is 0 Å². The lowest BCUT2D eigenvalue weighted by Crippen LogP contribution is -1.98. The average Bonchev–Trinajstić information content (AvgIpc) is 2.35. The Labute approximate surface area is 112 Å². The van der Waals surface area contributed by atoms with E-state index in [2.05, 4.69) is 25.7 Å². The van der Waals surface area contributed by atoms with Gasteiger partial charge in [0.1, 0.15) is 0 Å². The Hall–Kier alpha value is -1.05. The number of carboxylic acid groups (broad SMARTS) is 1. The van der Waals surface area contributed by atoms with Crippen LogP contribution in [0.3, 0.4) is 0 Å². The molecule has 0 atom stereocenters. The van der Waals surface area contributed by atoms with E-state index < -0.39 is 5.97 Å². The molecule has 0 saturated heterocycles. The lowest BCUT2D eigenvalue weighted by Gasteiger charge is -2.01. The number of hydrogen-bond donors (Lipinski definition) is 1. The number of rotatable bonds is 12. The molecule has 0 aromatic rings.